The van der Waals surface area contributed by atoms with Gasteiger partial charge in [0.2, 0.25) is 41.4 Å². The number of hydrogen-bond acceptors (Lipinski definition) is 16. The summed E-state index contributed by atoms with van der Waals surface area (Å²) in [6.07, 6.45) is 1.67. The zero-order valence-electron chi connectivity index (χ0n) is 56.2. The first-order valence-corrected chi connectivity index (χ1v) is 32.6. The molecular weight excluding hydrogens is 1270 g/mol. The summed E-state index contributed by atoms with van der Waals surface area (Å²) >= 11 is 0. The van der Waals surface area contributed by atoms with Gasteiger partial charge in [-0.05, 0) is 97.6 Å². The molecule has 0 spiro atoms. The molecular formula is C71H91N13O15. The number of carbonyl (C=O) groups is 10. The van der Waals surface area contributed by atoms with Crippen LogP contribution in [0.3, 0.4) is 0 Å². The number of imide groups is 1. The van der Waals surface area contributed by atoms with Crippen LogP contribution in [0.4, 0.5) is 4.79 Å². The van der Waals surface area contributed by atoms with Gasteiger partial charge in [-0.3, -0.25) is 57.9 Å². The molecule has 15 N–H and O–H groups in total. The second-order valence-electron chi connectivity index (χ2n) is 24.3. The van der Waals surface area contributed by atoms with Crippen molar-refractivity contribution in [2.75, 3.05) is 40.4 Å². The van der Waals surface area contributed by atoms with Crippen molar-refractivity contribution in [2.24, 2.45) is 22.4 Å². The molecule has 6 aromatic rings. The number of nitrogens with one attached hydrogen (secondary N) is 8. The highest BCUT2D eigenvalue weighted by Crippen LogP contribution is 2.22. The molecule has 1 aromatic heterocycles. The number of carbonyl (C=O) groups excluding carboxylic acids is 9. The predicted molar refractivity (Wildman–Crippen MR) is 368 cm³/mol. The molecule has 0 aliphatic carbocycles. The monoisotopic (exact) mass is 1370 g/mol. The van der Waals surface area contributed by atoms with E-state index in [9.17, 15) is 48.6 Å². The number of benzene rings is 5. The summed E-state index contributed by atoms with van der Waals surface area (Å²) < 4.78 is 11.3. The van der Waals surface area contributed by atoms with Crippen LogP contribution in [0.2, 0.25) is 0 Å². The fourth-order valence-electron chi connectivity index (χ4n) is 10.9. The second kappa shape index (κ2) is 39.5. The van der Waals surface area contributed by atoms with Gasteiger partial charge in [0.1, 0.15) is 61.3 Å². The Hall–Kier alpha value is -10.7. The average molecular weight is 1370 g/mol. The van der Waals surface area contributed by atoms with Crippen molar-refractivity contribution in [1.29, 1.82) is 0 Å². The number of ether oxygens (including phenoxy) is 2. The highest BCUT2D eigenvalue weighted by molar-refractivity contribution is 6.02. The Kier molecular flexibility index (Phi) is 30.8. The Morgan fingerprint density at radius 1 is 0.596 bits per heavy atom. The minimum Gasteiger partial charge on any atom is -0.489 e. The number of carboxylic acids is 1. The van der Waals surface area contributed by atoms with Crippen LogP contribution < -0.4 is 53.4 Å². The number of nitrogens with two attached hydrogens (primary N) is 2. The first kappa shape index (κ1) is 77.3. The van der Waals surface area contributed by atoms with E-state index in [1.807, 2.05) is 49.1 Å². The molecule has 0 bridgehead atoms. The molecule has 0 unspecified atom stereocenters. The zero-order chi connectivity index (χ0) is 72.0. The van der Waals surface area contributed by atoms with Crippen LogP contribution in [0, 0.1) is 5.92 Å². The third-order valence-corrected chi connectivity index (χ3v) is 16.1. The molecule has 0 radical (unpaired) electrons. The first-order chi connectivity index (χ1) is 47.4. The number of aliphatic imine (C=N–C) groups is 1. The van der Waals surface area contributed by atoms with E-state index in [4.69, 9.17) is 30.8 Å². The highest BCUT2D eigenvalue weighted by atomic mass is 16.5. The lowest BCUT2D eigenvalue weighted by Gasteiger charge is -2.30. The molecule has 8 atom stereocenters. The molecule has 1 fully saturated rings. The first-order valence-electron chi connectivity index (χ1n) is 32.6. The van der Waals surface area contributed by atoms with Gasteiger partial charge in [0.05, 0.1) is 19.3 Å². The minimum atomic E-state index is -1.78. The average Bonchev–Trinajstić information content (AvgIpc) is 1.75. The summed E-state index contributed by atoms with van der Waals surface area (Å²) in [7, 11) is 3.16. The van der Waals surface area contributed by atoms with Crippen molar-refractivity contribution in [3.05, 3.63) is 174 Å². The zero-order valence-corrected chi connectivity index (χ0v) is 56.2. The van der Waals surface area contributed by atoms with Crippen LogP contribution in [0.15, 0.2) is 151 Å². The Bertz CT molecular complexity index is 3670. The molecule has 28 heteroatoms. The van der Waals surface area contributed by atoms with E-state index in [0.29, 0.717) is 51.9 Å². The maximum atomic E-state index is 15.1. The van der Waals surface area contributed by atoms with Crippen LogP contribution in [-0.4, -0.2) is 184 Å². The second-order valence-corrected chi connectivity index (χ2v) is 24.3. The summed E-state index contributed by atoms with van der Waals surface area (Å²) in [6, 6.07) is 29.8. The summed E-state index contributed by atoms with van der Waals surface area (Å²) in [4.78, 5) is 148. The van der Waals surface area contributed by atoms with Crippen molar-refractivity contribution in [3.63, 3.8) is 0 Å². The Morgan fingerprint density at radius 2 is 1.05 bits per heavy atom. The number of carboxylic acid groups (broad SMARTS) is 1. The molecule has 1 aliphatic heterocycles. The molecule has 5 aromatic carbocycles. The van der Waals surface area contributed by atoms with Crippen molar-refractivity contribution in [1.82, 2.24) is 52.0 Å². The molecule has 28 nitrogen and oxygen atoms in total. The van der Waals surface area contributed by atoms with Gasteiger partial charge >= 0.3 is 6.09 Å². The largest absolute Gasteiger partial charge is 0.489 e. The lowest BCUT2D eigenvalue weighted by molar-refractivity contribution is -0.148. The van der Waals surface area contributed by atoms with E-state index < -0.39 is 121 Å². The molecule has 0 saturated carbocycles. The number of fused-ring (bicyclic) bond motifs is 1. The number of likely N-dealkylation sites (tertiary alicyclic amines) is 1. The molecule has 1 aliphatic rings. The molecule has 2 heterocycles. The van der Waals surface area contributed by atoms with Crippen LogP contribution in [0.5, 0.6) is 5.75 Å². The van der Waals surface area contributed by atoms with Gasteiger partial charge in [0.15, 0.2) is 5.96 Å². The summed E-state index contributed by atoms with van der Waals surface area (Å²) in [6.45, 7) is 3.70. The van der Waals surface area contributed by atoms with Crippen molar-refractivity contribution >= 4 is 76.2 Å². The number of nitrogens with zero attached hydrogens (tertiary/aromatic N) is 3. The maximum absolute atomic E-state index is 15.1. The van der Waals surface area contributed by atoms with Gasteiger partial charge in [-0.2, -0.15) is 0 Å². The number of para-hydroxylation sites is 1. The number of aliphatic carboxylic acids is 1. The van der Waals surface area contributed by atoms with Gasteiger partial charge in [-0.15, -0.1) is 0 Å². The highest BCUT2D eigenvalue weighted by Gasteiger charge is 2.38. The van der Waals surface area contributed by atoms with Crippen LogP contribution >= 0.6 is 0 Å². The third kappa shape index (κ3) is 25.3. The Balaban J connectivity index is 0.00000376. The SMILES string of the molecule is CC(=O)O.CC(C)C[C@H](NC(=O)[C@@H](Cc1ccccc1)NC(=O)[C@H](Cc1ccc(OCc2ccccc2)cc1)NC(=O)[C@H](CO)NC(=O)[C@H](Cc1c[nH]c2ccccc12)NC(=O)[C@H](CO)NC(=O)OCc1ccccc1)C(=O)N[C@@H](CCCN=C(N)N)C(=O)N(C)C(=O)[C@@H]1CCCN1C. The number of aliphatic hydroxyl groups excluding tert-OH is 2. The van der Waals surface area contributed by atoms with Crippen LogP contribution in [0.25, 0.3) is 10.9 Å². The van der Waals surface area contributed by atoms with Gasteiger partial charge < -0.3 is 78.5 Å². The fraction of sp³-hybridized carbons (Fsp3) is 0.394. The molecule has 99 heavy (non-hydrogen) atoms. The quantitative estimate of drug-likeness (QED) is 0.0156. The van der Waals surface area contributed by atoms with Gasteiger partial charge in [0, 0.05) is 56.9 Å². The number of aromatic nitrogens is 1. The van der Waals surface area contributed by atoms with Crippen molar-refractivity contribution in [2.45, 2.75) is 134 Å². The van der Waals surface area contributed by atoms with E-state index in [0.717, 1.165) is 23.8 Å². The maximum Gasteiger partial charge on any atom is 0.408 e. The smallest absolute Gasteiger partial charge is 0.408 e. The number of hydrogen-bond donors (Lipinski definition) is 13. The normalized spacial score (nSPS) is 14.7. The Labute approximate surface area is 574 Å². The topological polar surface area (TPSA) is 421 Å². The van der Waals surface area contributed by atoms with Crippen molar-refractivity contribution < 1.29 is 72.7 Å². The number of guanidine groups is 1. The van der Waals surface area contributed by atoms with E-state index in [1.54, 1.807) is 122 Å². The number of amides is 9. The lowest BCUT2D eigenvalue weighted by atomic mass is 9.99. The molecule has 7 rings (SSSR count). The summed E-state index contributed by atoms with van der Waals surface area (Å²) in [5.74, 6) is -7.33. The molecule has 9 amide bonds. The Morgan fingerprint density at radius 3 is 1.58 bits per heavy atom. The van der Waals surface area contributed by atoms with E-state index in [2.05, 4.69) is 47.2 Å². The molecule has 1 saturated heterocycles. The summed E-state index contributed by atoms with van der Waals surface area (Å²) in [5.41, 5.74) is 15.1. The summed E-state index contributed by atoms with van der Waals surface area (Å²) in [5, 5.41) is 47.8. The van der Waals surface area contributed by atoms with Gasteiger partial charge in [-0.1, -0.05) is 135 Å². The third-order valence-electron chi connectivity index (χ3n) is 16.1. The van der Waals surface area contributed by atoms with Gasteiger partial charge in [0.25, 0.3) is 11.9 Å². The van der Waals surface area contributed by atoms with E-state index >= 15 is 4.79 Å². The standard InChI is InChI=1S/C69H87N13O13.C2H4O2/c1-43(2)34-53(60(85)74-52(26-16-32-72-68(70)71)66(91)82(4)67(92)59-27-17-33-81(59)3)75-61(86)54(35-44-18-8-5-9-19-44)76-62(87)55(36-45-28-30-49(31-29-45)94-41-46-20-10-6-11-21-46)77-64(89)57(39-83)79-63(88)56(37-48-38-73-51-25-15-14-24-50(48)51)78-65(90)58(40-84)80-69(93)95-42-47-22-12-7-13-23-47;1-2(3)4/h5-15,18-25,28-31,38,43,52-59,73,83-84H,16-17,26-27,32-37,39-42H2,1-4H3,(H,74,85)(H,75,86)(H,76,87)(H,77,89)(H,78,90)(H,79,88)(H,80,93)(H4,70,71,72);1H3,(H,3,4)/t52-,53-,54+,55-,56-,57-,58-,59-;/m0./s1. The van der Waals surface area contributed by atoms with Crippen LogP contribution in [0.1, 0.15) is 80.7 Å². The fourth-order valence-corrected chi connectivity index (χ4v) is 10.9. The number of rotatable bonds is 34. The number of aromatic amines is 1. The van der Waals surface area contributed by atoms with Crippen molar-refractivity contribution in [3.8, 4) is 5.75 Å². The number of alkyl carbamates (subject to hydrolysis) is 1. The number of aliphatic hydroxyl groups is 2. The van der Waals surface area contributed by atoms with Gasteiger partial charge in [-0.25, -0.2) is 4.79 Å². The van der Waals surface area contributed by atoms with Crippen LogP contribution in [-0.2, 0) is 80.4 Å². The molecule has 530 valence electrons. The minimum absolute atomic E-state index is 0.0202. The lowest BCUT2D eigenvalue weighted by Crippen LogP contribution is -2.61. The predicted octanol–water partition coefficient (Wildman–Crippen LogP) is 2.23. The van der Waals surface area contributed by atoms with E-state index in [1.165, 1.54) is 7.05 Å². The van der Waals surface area contributed by atoms with E-state index in [-0.39, 0.29) is 70.2 Å². The number of H-pyrrole nitrogens is 1. The number of likely N-dealkylation sites (N-methyl/N-ethyl adjacent to an activating group) is 2.